The number of ether oxygens (including phenoxy) is 1. The van der Waals surface area contributed by atoms with Crippen molar-refractivity contribution >= 4 is 0 Å². The second-order valence-electron chi connectivity index (χ2n) is 7.21. The van der Waals surface area contributed by atoms with E-state index in [0.29, 0.717) is 6.10 Å². The summed E-state index contributed by atoms with van der Waals surface area (Å²) in [6.45, 7) is 1.00. The minimum atomic E-state index is 0.00932. The van der Waals surface area contributed by atoms with Crippen molar-refractivity contribution in [2.45, 2.75) is 82.8 Å². The average molecular weight is 266 g/mol. The molecule has 1 heterocycles. The molecule has 2 saturated carbocycles. The Kier molecular flexibility index (Phi) is 4.81. The van der Waals surface area contributed by atoms with Gasteiger partial charge in [-0.15, -0.1) is 0 Å². The van der Waals surface area contributed by atoms with E-state index in [2.05, 4.69) is 0 Å². The van der Waals surface area contributed by atoms with E-state index in [-0.39, 0.29) is 6.10 Å². The summed E-state index contributed by atoms with van der Waals surface area (Å²) in [4.78, 5) is 0. The van der Waals surface area contributed by atoms with Crippen LogP contribution in [0.1, 0.15) is 70.6 Å². The van der Waals surface area contributed by atoms with Crippen LogP contribution in [0.15, 0.2) is 0 Å². The van der Waals surface area contributed by atoms with Crippen molar-refractivity contribution in [2.75, 3.05) is 6.61 Å². The van der Waals surface area contributed by atoms with Crippen LogP contribution in [0.3, 0.4) is 0 Å². The van der Waals surface area contributed by atoms with Crippen LogP contribution in [-0.2, 0) is 4.74 Å². The molecule has 3 fully saturated rings. The summed E-state index contributed by atoms with van der Waals surface area (Å²) in [5, 5.41) is 9.61. The average Bonchev–Trinajstić information content (AvgIpc) is 2.39. The SMILES string of the molecule is OC1CCC(C2CCC(CCC3CCO3)CC2)CC1. The van der Waals surface area contributed by atoms with E-state index in [1.807, 2.05) is 0 Å². The van der Waals surface area contributed by atoms with Crippen LogP contribution in [0.2, 0.25) is 0 Å². The Balaban J connectivity index is 1.34. The fraction of sp³-hybridized carbons (Fsp3) is 1.00. The van der Waals surface area contributed by atoms with E-state index in [1.54, 1.807) is 0 Å². The highest BCUT2D eigenvalue weighted by molar-refractivity contribution is 4.82. The van der Waals surface area contributed by atoms with Gasteiger partial charge < -0.3 is 9.84 Å². The molecule has 2 nitrogen and oxygen atoms in total. The molecule has 2 heteroatoms. The highest BCUT2D eigenvalue weighted by Gasteiger charge is 2.30. The summed E-state index contributed by atoms with van der Waals surface area (Å²) in [6, 6.07) is 0. The minimum Gasteiger partial charge on any atom is -0.393 e. The molecular formula is C17H30O2. The first kappa shape index (κ1) is 13.9. The molecular weight excluding hydrogens is 236 g/mol. The smallest absolute Gasteiger partial charge is 0.0597 e. The number of rotatable bonds is 4. The monoisotopic (exact) mass is 266 g/mol. The van der Waals surface area contributed by atoms with Crippen molar-refractivity contribution in [3.63, 3.8) is 0 Å². The first-order chi connectivity index (χ1) is 9.31. The van der Waals surface area contributed by atoms with Crippen LogP contribution in [0.5, 0.6) is 0 Å². The zero-order valence-electron chi connectivity index (χ0n) is 12.2. The van der Waals surface area contributed by atoms with Crippen molar-refractivity contribution in [3.8, 4) is 0 Å². The third kappa shape index (κ3) is 3.72. The summed E-state index contributed by atoms with van der Waals surface area (Å²) >= 11 is 0. The molecule has 0 aromatic heterocycles. The van der Waals surface area contributed by atoms with E-state index < -0.39 is 0 Å². The van der Waals surface area contributed by atoms with Gasteiger partial charge in [0.2, 0.25) is 0 Å². The number of hydrogen-bond acceptors (Lipinski definition) is 2. The third-order valence-electron chi connectivity index (χ3n) is 5.99. The van der Waals surface area contributed by atoms with Crippen molar-refractivity contribution in [1.82, 2.24) is 0 Å². The fourth-order valence-corrected chi connectivity index (χ4v) is 4.46. The van der Waals surface area contributed by atoms with Gasteiger partial charge in [-0.05, 0) is 75.5 Å². The van der Waals surface area contributed by atoms with E-state index >= 15 is 0 Å². The van der Waals surface area contributed by atoms with Crippen LogP contribution < -0.4 is 0 Å². The van der Waals surface area contributed by atoms with Gasteiger partial charge in [0, 0.05) is 6.61 Å². The first-order valence-corrected chi connectivity index (χ1v) is 8.61. The zero-order chi connectivity index (χ0) is 13.1. The summed E-state index contributed by atoms with van der Waals surface area (Å²) < 4.78 is 5.52. The summed E-state index contributed by atoms with van der Waals surface area (Å²) in [7, 11) is 0. The van der Waals surface area contributed by atoms with Crippen LogP contribution in [0.4, 0.5) is 0 Å². The Morgan fingerprint density at radius 1 is 0.737 bits per heavy atom. The molecule has 1 aliphatic heterocycles. The van der Waals surface area contributed by atoms with Gasteiger partial charge in [-0.3, -0.25) is 0 Å². The summed E-state index contributed by atoms with van der Waals surface area (Å²) in [5.41, 5.74) is 0. The summed E-state index contributed by atoms with van der Waals surface area (Å²) in [5.74, 6) is 2.89. The van der Waals surface area contributed by atoms with Crippen LogP contribution in [-0.4, -0.2) is 23.9 Å². The lowest BCUT2D eigenvalue weighted by Gasteiger charge is -2.37. The van der Waals surface area contributed by atoms with Crippen molar-refractivity contribution in [3.05, 3.63) is 0 Å². The molecule has 0 spiro atoms. The van der Waals surface area contributed by atoms with Gasteiger partial charge in [0.25, 0.3) is 0 Å². The lowest BCUT2D eigenvalue weighted by atomic mass is 9.70. The number of hydrogen-bond donors (Lipinski definition) is 1. The number of aliphatic hydroxyl groups excluding tert-OH is 1. The van der Waals surface area contributed by atoms with Gasteiger partial charge in [0.1, 0.15) is 0 Å². The number of aliphatic hydroxyl groups is 1. The first-order valence-electron chi connectivity index (χ1n) is 8.61. The van der Waals surface area contributed by atoms with Crippen molar-refractivity contribution in [2.24, 2.45) is 17.8 Å². The van der Waals surface area contributed by atoms with Gasteiger partial charge in [0.05, 0.1) is 12.2 Å². The van der Waals surface area contributed by atoms with E-state index in [1.165, 1.54) is 57.8 Å². The zero-order valence-corrected chi connectivity index (χ0v) is 12.2. The van der Waals surface area contributed by atoms with Crippen LogP contribution >= 0.6 is 0 Å². The molecule has 0 amide bonds. The third-order valence-corrected chi connectivity index (χ3v) is 5.99. The van der Waals surface area contributed by atoms with Gasteiger partial charge >= 0.3 is 0 Å². The molecule has 1 saturated heterocycles. The summed E-state index contributed by atoms with van der Waals surface area (Å²) in [6.07, 6.45) is 15.1. The second-order valence-corrected chi connectivity index (χ2v) is 7.21. The van der Waals surface area contributed by atoms with Gasteiger partial charge in [-0.2, -0.15) is 0 Å². The normalized spacial score (nSPS) is 43.7. The maximum absolute atomic E-state index is 9.61. The molecule has 1 atom stereocenters. The van der Waals surface area contributed by atoms with Gasteiger partial charge in [-0.25, -0.2) is 0 Å². The lowest BCUT2D eigenvalue weighted by molar-refractivity contribution is -0.0583. The molecule has 19 heavy (non-hydrogen) atoms. The molecule has 0 radical (unpaired) electrons. The highest BCUT2D eigenvalue weighted by atomic mass is 16.5. The highest BCUT2D eigenvalue weighted by Crippen LogP contribution is 2.41. The lowest BCUT2D eigenvalue weighted by Crippen LogP contribution is -2.29. The molecule has 3 rings (SSSR count). The maximum atomic E-state index is 9.61. The Labute approximate surface area is 117 Å². The minimum absolute atomic E-state index is 0.00932. The second kappa shape index (κ2) is 6.58. The van der Waals surface area contributed by atoms with Gasteiger partial charge in [-0.1, -0.05) is 12.8 Å². The Hall–Kier alpha value is -0.0800. The fourth-order valence-electron chi connectivity index (χ4n) is 4.46. The van der Waals surface area contributed by atoms with Gasteiger partial charge in [0.15, 0.2) is 0 Å². The van der Waals surface area contributed by atoms with Crippen LogP contribution in [0, 0.1) is 17.8 Å². The molecule has 110 valence electrons. The van der Waals surface area contributed by atoms with Crippen molar-refractivity contribution < 1.29 is 9.84 Å². The van der Waals surface area contributed by atoms with Crippen LogP contribution in [0.25, 0.3) is 0 Å². The topological polar surface area (TPSA) is 29.5 Å². The quantitative estimate of drug-likeness (QED) is 0.836. The van der Waals surface area contributed by atoms with E-state index in [4.69, 9.17) is 4.74 Å². The standard InChI is InChI=1S/C17H30O2/c18-16-8-6-15(7-9-16)14-4-1-13(2-5-14)3-10-17-11-12-19-17/h13-18H,1-12H2. The molecule has 1 N–H and O–H groups in total. The predicted octanol–water partition coefficient (Wildman–Crippen LogP) is 3.91. The van der Waals surface area contributed by atoms with Crippen molar-refractivity contribution in [1.29, 1.82) is 0 Å². The Bertz CT molecular complexity index is 258. The maximum Gasteiger partial charge on any atom is 0.0597 e. The largest absolute Gasteiger partial charge is 0.393 e. The molecule has 0 bridgehead atoms. The molecule has 0 aromatic rings. The van der Waals surface area contributed by atoms with E-state index in [0.717, 1.165) is 37.2 Å². The molecule has 1 unspecified atom stereocenters. The Morgan fingerprint density at radius 2 is 1.32 bits per heavy atom. The molecule has 2 aliphatic carbocycles. The predicted molar refractivity (Wildman–Crippen MR) is 77.0 cm³/mol. The molecule has 3 aliphatic rings. The van der Waals surface area contributed by atoms with E-state index in [9.17, 15) is 5.11 Å². The Morgan fingerprint density at radius 3 is 1.84 bits per heavy atom. The molecule has 0 aromatic carbocycles.